The molecule has 0 unspecified atom stereocenters. The van der Waals surface area contributed by atoms with Gasteiger partial charge in [0, 0.05) is 13.0 Å². The summed E-state index contributed by atoms with van der Waals surface area (Å²) in [5.74, 6) is 0.0862. The quantitative estimate of drug-likeness (QED) is 0.756. The highest BCUT2D eigenvalue weighted by Crippen LogP contribution is 2.05. The summed E-state index contributed by atoms with van der Waals surface area (Å²) >= 11 is 0. The first kappa shape index (κ1) is 15.2. The third kappa shape index (κ3) is 6.58. The Morgan fingerprint density at radius 2 is 2.00 bits per heavy atom. The minimum absolute atomic E-state index is 0.0862. The van der Waals surface area contributed by atoms with E-state index in [1.807, 2.05) is 26.2 Å². The predicted octanol–water partition coefficient (Wildman–Crippen LogP) is 1.56. The minimum Gasteiger partial charge on any atom is -0.356 e. The first-order valence-corrected chi connectivity index (χ1v) is 6.52. The smallest absolute Gasteiger partial charge is 0.220 e. The number of hydrogen-bond acceptors (Lipinski definition) is 3. The molecule has 1 aromatic carbocycles. The van der Waals surface area contributed by atoms with Crippen molar-refractivity contribution in [2.45, 2.75) is 19.3 Å². The molecule has 0 aliphatic rings. The Kier molecular flexibility index (Phi) is 6.62. The molecule has 0 saturated heterocycles. The van der Waals surface area contributed by atoms with Gasteiger partial charge in [0.1, 0.15) is 0 Å². The number of amides is 1. The minimum atomic E-state index is 0.0862. The van der Waals surface area contributed by atoms with Gasteiger partial charge in [-0.05, 0) is 51.2 Å². The van der Waals surface area contributed by atoms with Gasteiger partial charge in [-0.3, -0.25) is 4.79 Å². The lowest BCUT2D eigenvalue weighted by Crippen LogP contribution is -2.27. The van der Waals surface area contributed by atoms with Gasteiger partial charge >= 0.3 is 0 Å². The van der Waals surface area contributed by atoms with Crippen molar-refractivity contribution in [3.8, 4) is 6.07 Å². The van der Waals surface area contributed by atoms with E-state index in [1.165, 1.54) is 0 Å². The molecule has 19 heavy (non-hydrogen) atoms. The number of carbonyl (C=O) groups is 1. The summed E-state index contributed by atoms with van der Waals surface area (Å²) in [6.07, 6.45) is 2.18. The van der Waals surface area contributed by atoms with Crippen molar-refractivity contribution in [3.63, 3.8) is 0 Å². The molecule has 0 aromatic heterocycles. The highest BCUT2D eigenvalue weighted by molar-refractivity contribution is 5.76. The number of rotatable bonds is 7. The maximum absolute atomic E-state index is 11.6. The largest absolute Gasteiger partial charge is 0.356 e. The number of nitriles is 1. The Morgan fingerprint density at radius 3 is 2.58 bits per heavy atom. The number of nitrogens with zero attached hydrogens (tertiary/aromatic N) is 2. The highest BCUT2D eigenvalue weighted by atomic mass is 16.1. The summed E-state index contributed by atoms with van der Waals surface area (Å²) in [5.41, 5.74) is 1.74. The Bertz CT molecular complexity index is 432. The lowest BCUT2D eigenvalue weighted by Gasteiger charge is -2.09. The first-order chi connectivity index (χ1) is 9.11. The van der Waals surface area contributed by atoms with Crippen LogP contribution in [-0.4, -0.2) is 38.0 Å². The summed E-state index contributed by atoms with van der Waals surface area (Å²) in [5, 5.41) is 11.6. The second-order valence-electron chi connectivity index (χ2n) is 4.82. The van der Waals surface area contributed by atoms with E-state index in [1.54, 1.807) is 12.1 Å². The average molecular weight is 259 g/mol. The van der Waals surface area contributed by atoms with Gasteiger partial charge in [-0.15, -0.1) is 0 Å². The third-order valence-electron chi connectivity index (χ3n) is 2.83. The lowest BCUT2D eigenvalue weighted by atomic mass is 10.1. The van der Waals surface area contributed by atoms with Crippen molar-refractivity contribution in [2.75, 3.05) is 27.2 Å². The molecule has 0 bridgehead atoms. The summed E-state index contributed by atoms with van der Waals surface area (Å²) in [4.78, 5) is 13.7. The molecule has 1 rings (SSSR count). The fourth-order valence-corrected chi connectivity index (χ4v) is 1.72. The lowest BCUT2D eigenvalue weighted by molar-refractivity contribution is -0.121. The van der Waals surface area contributed by atoms with Gasteiger partial charge in [-0.1, -0.05) is 12.1 Å². The third-order valence-corrected chi connectivity index (χ3v) is 2.83. The van der Waals surface area contributed by atoms with Crippen molar-refractivity contribution in [1.82, 2.24) is 10.2 Å². The van der Waals surface area contributed by atoms with E-state index in [0.717, 1.165) is 25.1 Å². The van der Waals surface area contributed by atoms with Gasteiger partial charge in [0.25, 0.3) is 0 Å². The Labute approximate surface area is 115 Å². The van der Waals surface area contributed by atoms with E-state index in [9.17, 15) is 4.79 Å². The highest BCUT2D eigenvalue weighted by Gasteiger charge is 2.02. The second-order valence-corrected chi connectivity index (χ2v) is 4.82. The Hall–Kier alpha value is -1.86. The van der Waals surface area contributed by atoms with E-state index in [0.29, 0.717) is 18.4 Å². The molecular weight excluding hydrogens is 238 g/mol. The number of benzene rings is 1. The van der Waals surface area contributed by atoms with Crippen LogP contribution in [0.25, 0.3) is 0 Å². The monoisotopic (exact) mass is 259 g/mol. The SMILES string of the molecule is CN(C)CCCNC(=O)CCc1ccc(C#N)cc1. The van der Waals surface area contributed by atoms with Crippen LogP contribution in [-0.2, 0) is 11.2 Å². The molecule has 0 aliphatic carbocycles. The summed E-state index contributed by atoms with van der Waals surface area (Å²) < 4.78 is 0. The molecule has 4 nitrogen and oxygen atoms in total. The van der Waals surface area contributed by atoms with Crippen LogP contribution in [0, 0.1) is 11.3 Å². The molecule has 0 aliphatic heterocycles. The molecule has 1 N–H and O–H groups in total. The van der Waals surface area contributed by atoms with Crippen LogP contribution in [0.2, 0.25) is 0 Å². The number of carbonyl (C=O) groups excluding carboxylic acids is 1. The second kappa shape index (κ2) is 8.28. The van der Waals surface area contributed by atoms with Crippen LogP contribution in [0.4, 0.5) is 0 Å². The van der Waals surface area contributed by atoms with E-state index in [-0.39, 0.29) is 5.91 Å². The van der Waals surface area contributed by atoms with E-state index < -0.39 is 0 Å². The fraction of sp³-hybridized carbons (Fsp3) is 0.467. The molecule has 0 fully saturated rings. The Balaban J connectivity index is 2.20. The fourth-order valence-electron chi connectivity index (χ4n) is 1.72. The molecular formula is C15H21N3O. The number of nitrogens with one attached hydrogen (secondary N) is 1. The van der Waals surface area contributed by atoms with Crippen LogP contribution in [0.3, 0.4) is 0 Å². The number of aryl methyl sites for hydroxylation is 1. The van der Waals surface area contributed by atoms with Gasteiger partial charge in [-0.25, -0.2) is 0 Å². The molecule has 1 amide bonds. The molecule has 0 heterocycles. The Morgan fingerprint density at radius 1 is 1.32 bits per heavy atom. The summed E-state index contributed by atoms with van der Waals surface area (Å²) in [7, 11) is 4.04. The predicted molar refractivity (Wildman–Crippen MR) is 75.7 cm³/mol. The van der Waals surface area contributed by atoms with E-state index >= 15 is 0 Å². The molecule has 102 valence electrons. The zero-order chi connectivity index (χ0) is 14.1. The standard InChI is InChI=1S/C15H21N3O/c1-18(2)11-3-10-17-15(19)9-8-13-4-6-14(12-16)7-5-13/h4-7H,3,8-11H2,1-2H3,(H,17,19). The topological polar surface area (TPSA) is 56.1 Å². The zero-order valence-corrected chi connectivity index (χ0v) is 11.6. The maximum atomic E-state index is 11.6. The molecule has 0 atom stereocenters. The first-order valence-electron chi connectivity index (χ1n) is 6.52. The normalized spacial score (nSPS) is 10.2. The average Bonchev–Trinajstić information content (AvgIpc) is 2.41. The molecule has 0 spiro atoms. The molecule has 1 aromatic rings. The van der Waals surface area contributed by atoms with E-state index in [2.05, 4.69) is 16.3 Å². The van der Waals surface area contributed by atoms with Crippen LogP contribution in [0.15, 0.2) is 24.3 Å². The van der Waals surface area contributed by atoms with Crippen molar-refractivity contribution >= 4 is 5.91 Å². The van der Waals surface area contributed by atoms with Crippen molar-refractivity contribution < 1.29 is 4.79 Å². The van der Waals surface area contributed by atoms with Crippen LogP contribution in [0.1, 0.15) is 24.0 Å². The van der Waals surface area contributed by atoms with Gasteiger partial charge in [-0.2, -0.15) is 5.26 Å². The van der Waals surface area contributed by atoms with Crippen LogP contribution >= 0.6 is 0 Å². The summed E-state index contributed by atoms with van der Waals surface area (Å²) in [6, 6.07) is 9.44. The van der Waals surface area contributed by atoms with Gasteiger partial charge in [0.05, 0.1) is 11.6 Å². The van der Waals surface area contributed by atoms with Crippen LogP contribution < -0.4 is 5.32 Å². The summed E-state index contributed by atoms with van der Waals surface area (Å²) in [6.45, 7) is 1.71. The van der Waals surface area contributed by atoms with Crippen molar-refractivity contribution in [3.05, 3.63) is 35.4 Å². The van der Waals surface area contributed by atoms with Gasteiger partial charge < -0.3 is 10.2 Å². The van der Waals surface area contributed by atoms with Crippen molar-refractivity contribution in [1.29, 1.82) is 5.26 Å². The van der Waals surface area contributed by atoms with Crippen molar-refractivity contribution in [2.24, 2.45) is 0 Å². The van der Waals surface area contributed by atoms with Gasteiger partial charge in [0.2, 0.25) is 5.91 Å². The van der Waals surface area contributed by atoms with E-state index in [4.69, 9.17) is 5.26 Å². The molecule has 4 heteroatoms. The van der Waals surface area contributed by atoms with Crippen LogP contribution in [0.5, 0.6) is 0 Å². The maximum Gasteiger partial charge on any atom is 0.220 e. The molecule has 0 saturated carbocycles. The molecule has 0 radical (unpaired) electrons. The van der Waals surface area contributed by atoms with Gasteiger partial charge in [0.15, 0.2) is 0 Å². The number of hydrogen-bond donors (Lipinski definition) is 1. The zero-order valence-electron chi connectivity index (χ0n) is 11.6.